The molecule has 0 radical (unpaired) electrons. The molecule has 0 bridgehead atoms. The van der Waals surface area contributed by atoms with Gasteiger partial charge in [0.1, 0.15) is 0 Å². The van der Waals surface area contributed by atoms with E-state index in [-0.39, 0.29) is 24.7 Å². The number of rotatable bonds is 4. The summed E-state index contributed by atoms with van der Waals surface area (Å²) in [6.07, 6.45) is 3.61. The lowest BCUT2D eigenvalue weighted by atomic mass is 10.2. The van der Waals surface area contributed by atoms with Gasteiger partial charge in [-0.1, -0.05) is 42.1 Å². The van der Waals surface area contributed by atoms with Crippen LogP contribution in [-0.2, 0) is 19.9 Å². The maximum Gasteiger partial charge on any atom is 0.243 e. The van der Waals surface area contributed by atoms with E-state index in [9.17, 15) is 16.8 Å². The largest absolute Gasteiger partial charge is 0.243 e. The standard InChI is InChI=1S/C18H19Cl2NO4S2/c19-17-9-8-15(13-18(17)20)26(22,23)14-6-5-7-16(12-14)27(24,25)21-10-3-1-2-4-11-21/h5-9,12-13H,1-4,10-11H2. The number of sulfone groups is 1. The summed E-state index contributed by atoms with van der Waals surface area (Å²) in [6.45, 7) is 0.901. The summed E-state index contributed by atoms with van der Waals surface area (Å²) in [5.74, 6) is 0. The van der Waals surface area contributed by atoms with E-state index in [1.165, 1.54) is 46.8 Å². The van der Waals surface area contributed by atoms with Crippen LogP contribution in [-0.4, -0.2) is 34.2 Å². The third kappa shape index (κ3) is 4.32. The molecule has 0 spiro atoms. The van der Waals surface area contributed by atoms with E-state index in [0.29, 0.717) is 13.1 Å². The second kappa shape index (κ2) is 8.09. The Balaban J connectivity index is 2.00. The summed E-state index contributed by atoms with van der Waals surface area (Å²) in [6, 6.07) is 9.45. The maximum absolute atomic E-state index is 12.9. The molecule has 0 unspecified atom stereocenters. The van der Waals surface area contributed by atoms with Crippen LogP contribution in [0.1, 0.15) is 25.7 Å². The monoisotopic (exact) mass is 447 g/mol. The van der Waals surface area contributed by atoms with Crippen LogP contribution in [0.2, 0.25) is 10.0 Å². The van der Waals surface area contributed by atoms with Crippen molar-refractivity contribution >= 4 is 43.1 Å². The highest BCUT2D eigenvalue weighted by Crippen LogP contribution is 2.30. The first-order valence-corrected chi connectivity index (χ1v) is 12.2. The average molecular weight is 448 g/mol. The van der Waals surface area contributed by atoms with E-state index in [2.05, 4.69) is 0 Å². The van der Waals surface area contributed by atoms with Crippen molar-refractivity contribution in [3.05, 3.63) is 52.5 Å². The summed E-state index contributed by atoms with van der Waals surface area (Å²) in [5.41, 5.74) is 0. The molecule has 1 aliphatic rings. The van der Waals surface area contributed by atoms with Crippen LogP contribution < -0.4 is 0 Å². The van der Waals surface area contributed by atoms with E-state index in [1.807, 2.05) is 0 Å². The van der Waals surface area contributed by atoms with Crippen LogP contribution in [0.5, 0.6) is 0 Å². The second-order valence-corrected chi connectivity index (χ2v) is 11.1. The van der Waals surface area contributed by atoms with Gasteiger partial charge >= 0.3 is 0 Å². The third-order valence-electron chi connectivity index (χ3n) is 4.52. The normalized spacial score (nSPS) is 16.8. The Morgan fingerprint density at radius 2 is 1.30 bits per heavy atom. The Hall–Kier alpha value is -1.12. The van der Waals surface area contributed by atoms with Gasteiger partial charge < -0.3 is 0 Å². The molecule has 5 nitrogen and oxygen atoms in total. The van der Waals surface area contributed by atoms with Crippen LogP contribution in [0.4, 0.5) is 0 Å². The van der Waals surface area contributed by atoms with Gasteiger partial charge in [-0.2, -0.15) is 4.31 Å². The quantitative estimate of drug-likeness (QED) is 0.696. The molecular formula is C18H19Cl2NO4S2. The van der Waals surface area contributed by atoms with Crippen molar-refractivity contribution in [2.45, 2.75) is 40.4 Å². The van der Waals surface area contributed by atoms with Crippen LogP contribution in [0.25, 0.3) is 0 Å². The molecule has 9 heteroatoms. The summed E-state index contributed by atoms with van der Waals surface area (Å²) in [7, 11) is -7.67. The lowest BCUT2D eigenvalue weighted by molar-refractivity contribution is 0.423. The second-order valence-electron chi connectivity index (χ2n) is 6.37. The Morgan fingerprint density at radius 3 is 1.93 bits per heavy atom. The minimum atomic E-state index is -3.92. The third-order valence-corrected chi connectivity index (χ3v) is 8.90. The number of hydrogen-bond donors (Lipinski definition) is 0. The first-order valence-electron chi connectivity index (χ1n) is 8.53. The number of sulfonamides is 1. The molecule has 0 N–H and O–H groups in total. The molecule has 1 heterocycles. The molecule has 1 aliphatic heterocycles. The predicted molar refractivity (Wildman–Crippen MR) is 106 cm³/mol. The number of benzene rings is 2. The fourth-order valence-electron chi connectivity index (χ4n) is 3.01. The van der Waals surface area contributed by atoms with Crippen molar-refractivity contribution in [1.82, 2.24) is 4.31 Å². The fourth-order valence-corrected chi connectivity index (χ4v) is 6.35. The van der Waals surface area contributed by atoms with Crippen molar-refractivity contribution in [2.24, 2.45) is 0 Å². The number of hydrogen-bond acceptors (Lipinski definition) is 4. The SMILES string of the molecule is O=S(=O)(c1cccc(S(=O)(=O)N2CCCCCC2)c1)c1ccc(Cl)c(Cl)c1. The fraction of sp³-hybridized carbons (Fsp3) is 0.333. The van der Waals surface area contributed by atoms with Crippen molar-refractivity contribution in [1.29, 1.82) is 0 Å². The van der Waals surface area contributed by atoms with Crippen molar-refractivity contribution in [2.75, 3.05) is 13.1 Å². The van der Waals surface area contributed by atoms with Gasteiger partial charge in [0, 0.05) is 13.1 Å². The maximum atomic E-state index is 12.9. The summed E-state index contributed by atoms with van der Waals surface area (Å²) in [5, 5.41) is 0.360. The molecule has 1 fully saturated rings. The van der Waals surface area contributed by atoms with E-state index in [1.54, 1.807) is 0 Å². The lowest BCUT2D eigenvalue weighted by Crippen LogP contribution is -2.32. The molecule has 2 aromatic rings. The summed E-state index contributed by atoms with van der Waals surface area (Å²) >= 11 is 11.8. The summed E-state index contributed by atoms with van der Waals surface area (Å²) in [4.78, 5) is -0.163. The lowest BCUT2D eigenvalue weighted by Gasteiger charge is -2.20. The molecule has 2 aromatic carbocycles. The average Bonchev–Trinajstić information content (AvgIpc) is 2.94. The van der Waals surface area contributed by atoms with Crippen LogP contribution >= 0.6 is 23.2 Å². The molecule has 0 amide bonds. The van der Waals surface area contributed by atoms with E-state index in [0.717, 1.165) is 25.7 Å². The van der Waals surface area contributed by atoms with Crippen molar-refractivity contribution in [3.63, 3.8) is 0 Å². The number of nitrogens with zero attached hydrogens (tertiary/aromatic N) is 1. The van der Waals surface area contributed by atoms with Gasteiger partial charge in [0.2, 0.25) is 19.9 Å². The van der Waals surface area contributed by atoms with Gasteiger partial charge in [-0.25, -0.2) is 16.8 Å². The molecule has 0 aromatic heterocycles. The van der Waals surface area contributed by atoms with Crippen molar-refractivity contribution in [3.8, 4) is 0 Å². The summed E-state index contributed by atoms with van der Waals surface area (Å²) < 4.78 is 53.1. The van der Waals surface area contributed by atoms with Gasteiger partial charge in [0.05, 0.1) is 24.7 Å². The smallest absolute Gasteiger partial charge is 0.219 e. The topological polar surface area (TPSA) is 71.5 Å². The van der Waals surface area contributed by atoms with Crippen LogP contribution in [0, 0.1) is 0 Å². The highest BCUT2D eigenvalue weighted by molar-refractivity contribution is 7.91. The molecule has 0 aliphatic carbocycles. The molecule has 1 saturated heterocycles. The molecule has 3 rings (SSSR count). The van der Waals surface area contributed by atoms with Gasteiger partial charge in [-0.15, -0.1) is 0 Å². The Bertz CT molecular complexity index is 1040. The van der Waals surface area contributed by atoms with E-state index in [4.69, 9.17) is 23.2 Å². The van der Waals surface area contributed by atoms with E-state index < -0.39 is 19.9 Å². The molecular weight excluding hydrogens is 429 g/mol. The zero-order chi connectivity index (χ0) is 19.7. The van der Waals surface area contributed by atoms with Crippen LogP contribution in [0.15, 0.2) is 57.2 Å². The van der Waals surface area contributed by atoms with Gasteiger partial charge in [-0.05, 0) is 49.2 Å². The number of halogens is 2. The highest BCUT2D eigenvalue weighted by atomic mass is 35.5. The Morgan fingerprint density at radius 1 is 0.704 bits per heavy atom. The molecule has 0 atom stereocenters. The first kappa shape index (κ1) is 20.6. The molecule has 27 heavy (non-hydrogen) atoms. The molecule has 146 valence electrons. The zero-order valence-corrected chi connectivity index (χ0v) is 17.6. The van der Waals surface area contributed by atoms with Gasteiger partial charge in [-0.3, -0.25) is 0 Å². The van der Waals surface area contributed by atoms with Crippen LogP contribution in [0.3, 0.4) is 0 Å². The zero-order valence-electron chi connectivity index (χ0n) is 14.4. The first-order chi connectivity index (χ1) is 12.7. The highest BCUT2D eigenvalue weighted by Gasteiger charge is 2.27. The molecule has 0 saturated carbocycles. The van der Waals surface area contributed by atoms with E-state index >= 15 is 0 Å². The Kier molecular flexibility index (Phi) is 6.17. The van der Waals surface area contributed by atoms with Gasteiger partial charge in [0.15, 0.2) is 0 Å². The minimum absolute atomic E-state index is 0.0227. The van der Waals surface area contributed by atoms with Gasteiger partial charge in [0.25, 0.3) is 0 Å². The van der Waals surface area contributed by atoms with Crippen molar-refractivity contribution < 1.29 is 16.8 Å². The predicted octanol–water partition coefficient (Wildman–Crippen LogP) is 4.39. The minimum Gasteiger partial charge on any atom is -0.219 e. The Labute approximate surface area is 169 Å².